The van der Waals surface area contributed by atoms with Gasteiger partial charge in [0.15, 0.2) is 5.17 Å². The fourth-order valence-corrected chi connectivity index (χ4v) is 3.31. The molecule has 1 aliphatic rings. The molecule has 1 atom stereocenters. The second-order valence-electron chi connectivity index (χ2n) is 4.43. The van der Waals surface area contributed by atoms with Gasteiger partial charge in [0.05, 0.1) is 26.8 Å². The Bertz CT molecular complexity index is 488. The number of amidine groups is 1. The first-order valence-corrected chi connectivity index (χ1v) is 7.71. The molecule has 0 fully saturated rings. The van der Waals surface area contributed by atoms with Crippen molar-refractivity contribution < 1.29 is 0 Å². The Morgan fingerprint density at radius 2 is 1.89 bits per heavy atom. The van der Waals surface area contributed by atoms with Gasteiger partial charge in [-0.2, -0.15) is 0 Å². The van der Waals surface area contributed by atoms with Gasteiger partial charge in [0.25, 0.3) is 0 Å². The summed E-state index contributed by atoms with van der Waals surface area (Å²) >= 11 is 19.7. The summed E-state index contributed by atoms with van der Waals surface area (Å²) in [6, 6.07) is 3.71. The third-order valence-corrected chi connectivity index (χ3v) is 4.72. The van der Waals surface area contributed by atoms with E-state index in [9.17, 15) is 0 Å². The topological polar surface area (TPSA) is 24.4 Å². The molecule has 0 amide bonds. The molecule has 0 aromatic heterocycles. The molecule has 0 aliphatic carbocycles. The van der Waals surface area contributed by atoms with Crippen LogP contribution in [0.15, 0.2) is 17.1 Å². The number of rotatable bonds is 2. The van der Waals surface area contributed by atoms with Crippen LogP contribution in [0.4, 0.5) is 5.69 Å². The largest absolute Gasteiger partial charge is 0.334 e. The molecule has 0 bridgehead atoms. The van der Waals surface area contributed by atoms with E-state index in [4.69, 9.17) is 34.8 Å². The normalized spacial score (nSPS) is 19.2. The van der Waals surface area contributed by atoms with Gasteiger partial charge in [-0.1, -0.05) is 60.4 Å². The first-order valence-electron chi connectivity index (χ1n) is 5.59. The van der Waals surface area contributed by atoms with Crippen LogP contribution in [0.3, 0.4) is 0 Å². The van der Waals surface area contributed by atoms with Gasteiger partial charge in [-0.05, 0) is 18.1 Å². The van der Waals surface area contributed by atoms with E-state index in [1.54, 1.807) is 23.9 Å². The molecule has 0 radical (unpaired) electrons. The summed E-state index contributed by atoms with van der Waals surface area (Å²) in [5.74, 6) is 1.54. The van der Waals surface area contributed by atoms with Gasteiger partial charge in [-0.25, -0.2) is 0 Å². The van der Waals surface area contributed by atoms with E-state index in [2.05, 4.69) is 24.2 Å². The predicted octanol–water partition coefficient (Wildman–Crippen LogP) is 5.19. The van der Waals surface area contributed by atoms with E-state index < -0.39 is 0 Å². The van der Waals surface area contributed by atoms with Crippen molar-refractivity contribution in [3.63, 3.8) is 0 Å². The molecular formula is C12H13Cl3N2S. The summed E-state index contributed by atoms with van der Waals surface area (Å²) in [7, 11) is 0. The monoisotopic (exact) mass is 322 g/mol. The van der Waals surface area contributed by atoms with E-state index in [-0.39, 0.29) is 0 Å². The highest BCUT2D eigenvalue weighted by molar-refractivity contribution is 8.14. The van der Waals surface area contributed by atoms with Crippen LogP contribution in [-0.4, -0.2) is 17.0 Å². The number of thioether (sulfide) groups is 1. The van der Waals surface area contributed by atoms with Crippen LogP contribution in [-0.2, 0) is 0 Å². The molecule has 1 aliphatic heterocycles. The van der Waals surface area contributed by atoms with Crippen LogP contribution in [0, 0.1) is 5.92 Å². The number of hydrogen-bond acceptors (Lipinski definition) is 3. The zero-order chi connectivity index (χ0) is 13.3. The summed E-state index contributed by atoms with van der Waals surface area (Å²) in [6.07, 6.45) is 0. The summed E-state index contributed by atoms with van der Waals surface area (Å²) in [4.78, 5) is 4.61. The Hall–Kier alpha value is -0.0900. The fraction of sp³-hybridized carbons (Fsp3) is 0.417. The molecule has 1 unspecified atom stereocenters. The number of anilines is 1. The molecule has 1 aromatic carbocycles. The van der Waals surface area contributed by atoms with Crippen LogP contribution < -0.4 is 5.32 Å². The molecule has 6 heteroatoms. The van der Waals surface area contributed by atoms with Gasteiger partial charge in [0.1, 0.15) is 0 Å². The van der Waals surface area contributed by atoms with E-state index in [0.717, 1.165) is 16.6 Å². The number of aliphatic imine (C=N–C) groups is 1. The van der Waals surface area contributed by atoms with Crippen LogP contribution in [0.5, 0.6) is 0 Å². The maximum atomic E-state index is 6.11. The minimum Gasteiger partial charge on any atom is -0.334 e. The van der Waals surface area contributed by atoms with Crippen molar-refractivity contribution in [2.45, 2.75) is 19.9 Å². The highest BCUT2D eigenvalue weighted by Gasteiger charge is 2.21. The number of halogens is 3. The lowest BCUT2D eigenvalue weighted by Gasteiger charge is -2.09. The van der Waals surface area contributed by atoms with Crippen LogP contribution in [0.25, 0.3) is 0 Å². The standard InChI is InChI=1S/C12H13Cl3N2S/c1-6(2)11-5-18-12(17-11)16-10-4-8(14)7(13)3-9(10)15/h3-4,6,11H,5H2,1-2H3,(H,16,17). The van der Waals surface area contributed by atoms with E-state index in [1.165, 1.54) is 0 Å². The Labute approximate surface area is 126 Å². The first-order chi connectivity index (χ1) is 8.47. The molecule has 2 rings (SSSR count). The highest BCUT2D eigenvalue weighted by Crippen LogP contribution is 2.33. The molecule has 0 saturated carbocycles. The Kier molecular flexibility index (Phi) is 4.70. The van der Waals surface area contributed by atoms with Gasteiger partial charge >= 0.3 is 0 Å². The van der Waals surface area contributed by atoms with Crippen molar-refractivity contribution in [1.29, 1.82) is 0 Å². The molecule has 98 valence electrons. The van der Waals surface area contributed by atoms with Crippen LogP contribution in [0.1, 0.15) is 13.8 Å². The van der Waals surface area contributed by atoms with Crippen molar-refractivity contribution in [3.8, 4) is 0 Å². The van der Waals surface area contributed by atoms with E-state index in [0.29, 0.717) is 27.0 Å². The van der Waals surface area contributed by atoms with Crippen molar-refractivity contribution in [1.82, 2.24) is 0 Å². The Morgan fingerprint density at radius 1 is 1.22 bits per heavy atom. The van der Waals surface area contributed by atoms with Crippen LogP contribution >= 0.6 is 46.6 Å². The number of nitrogens with zero attached hydrogens (tertiary/aromatic N) is 1. The van der Waals surface area contributed by atoms with Crippen molar-refractivity contribution >= 4 is 57.4 Å². The number of hydrogen-bond donors (Lipinski definition) is 1. The molecule has 0 saturated heterocycles. The predicted molar refractivity (Wildman–Crippen MR) is 83.6 cm³/mol. The molecule has 0 spiro atoms. The molecule has 1 N–H and O–H groups in total. The molecular weight excluding hydrogens is 311 g/mol. The Morgan fingerprint density at radius 3 is 2.50 bits per heavy atom. The Balaban J connectivity index is 2.16. The van der Waals surface area contributed by atoms with Gasteiger partial charge in [0, 0.05) is 5.75 Å². The van der Waals surface area contributed by atoms with E-state index >= 15 is 0 Å². The molecule has 1 heterocycles. The van der Waals surface area contributed by atoms with Gasteiger partial charge in [-0.3, -0.25) is 4.99 Å². The van der Waals surface area contributed by atoms with Crippen molar-refractivity contribution in [2.75, 3.05) is 11.1 Å². The molecule has 1 aromatic rings. The number of benzene rings is 1. The lowest BCUT2D eigenvalue weighted by molar-refractivity contribution is 0.543. The molecule has 18 heavy (non-hydrogen) atoms. The van der Waals surface area contributed by atoms with E-state index in [1.807, 2.05) is 0 Å². The lowest BCUT2D eigenvalue weighted by Crippen LogP contribution is -2.12. The summed E-state index contributed by atoms with van der Waals surface area (Å²) in [5.41, 5.74) is 0.738. The lowest BCUT2D eigenvalue weighted by atomic mass is 10.1. The third-order valence-electron chi connectivity index (χ3n) is 2.70. The average Bonchev–Trinajstić information content (AvgIpc) is 2.74. The fourth-order valence-electron chi connectivity index (χ4n) is 1.53. The maximum absolute atomic E-state index is 6.11. The summed E-state index contributed by atoms with van der Waals surface area (Å²) < 4.78 is 0. The molecule has 2 nitrogen and oxygen atoms in total. The second kappa shape index (κ2) is 5.91. The zero-order valence-corrected chi connectivity index (χ0v) is 13.1. The quantitative estimate of drug-likeness (QED) is 0.758. The third kappa shape index (κ3) is 3.27. The van der Waals surface area contributed by atoms with Crippen molar-refractivity contribution in [2.24, 2.45) is 10.9 Å². The summed E-state index contributed by atoms with van der Waals surface area (Å²) in [5, 5.41) is 5.56. The minimum atomic E-state index is 0.360. The van der Waals surface area contributed by atoms with Gasteiger partial charge < -0.3 is 5.32 Å². The SMILES string of the molecule is CC(C)C1CSC(Nc2cc(Cl)c(Cl)cc2Cl)=N1. The summed E-state index contributed by atoms with van der Waals surface area (Å²) in [6.45, 7) is 4.34. The second-order valence-corrected chi connectivity index (χ2v) is 6.66. The van der Waals surface area contributed by atoms with Crippen molar-refractivity contribution in [3.05, 3.63) is 27.2 Å². The zero-order valence-electron chi connectivity index (χ0n) is 10.0. The van der Waals surface area contributed by atoms with Gasteiger partial charge in [-0.15, -0.1) is 0 Å². The van der Waals surface area contributed by atoms with Gasteiger partial charge in [0.2, 0.25) is 0 Å². The van der Waals surface area contributed by atoms with Crippen LogP contribution in [0.2, 0.25) is 15.1 Å². The highest BCUT2D eigenvalue weighted by atomic mass is 35.5. The maximum Gasteiger partial charge on any atom is 0.161 e. The smallest absolute Gasteiger partial charge is 0.161 e. The first kappa shape index (κ1) is 14.3. The average molecular weight is 324 g/mol. The minimum absolute atomic E-state index is 0.360. The number of nitrogens with one attached hydrogen (secondary N) is 1.